The zero-order valence-corrected chi connectivity index (χ0v) is 14.9. The molecule has 3 atom stereocenters. The van der Waals surface area contributed by atoms with Crippen LogP contribution in [0.3, 0.4) is 0 Å². The highest BCUT2D eigenvalue weighted by Gasteiger charge is 2.37. The Bertz CT molecular complexity index is 683. The minimum Gasteiger partial charge on any atom is -0.484 e. The van der Waals surface area contributed by atoms with Crippen molar-refractivity contribution in [1.82, 2.24) is 4.90 Å². The van der Waals surface area contributed by atoms with E-state index in [4.69, 9.17) is 10.5 Å². The summed E-state index contributed by atoms with van der Waals surface area (Å²) in [6.45, 7) is 4.69. The van der Waals surface area contributed by atoms with Crippen LogP contribution in [0.4, 0.5) is 0 Å². The number of fused-ring (bicyclic) bond motifs is 2. The van der Waals surface area contributed by atoms with Crippen molar-refractivity contribution in [2.75, 3.05) is 13.2 Å². The van der Waals surface area contributed by atoms with Crippen molar-refractivity contribution in [3.05, 3.63) is 42.0 Å². The van der Waals surface area contributed by atoms with Crippen LogP contribution in [0.25, 0.3) is 0 Å². The minimum absolute atomic E-state index is 0.00581. The van der Waals surface area contributed by atoms with Gasteiger partial charge in [0.2, 0.25) is 0 Å². The van der Waals surface area contributed by atoms with Crippen molar-refractivity contribution >= 4 is 11.8 Å². The number of hydrogen-bond donors (Lipinski definition) is 1. The van der Waals surface area contributed by atoms with E-state index in [2.05, 4.69) is 12.2 Å². The van der Waals surface area contributed by atoms with Gasteiger partial charge in [-0.25, -0.2) is 0 Å². The molecule has 2 aliphatic rings. The smallest absolute Gasteiger partial charge is 0.255 e. The molecule has 2 amide bonds. The van der Waals surface area contributed by atoms with E-state index in [-0.39, 0.29) is 18.6 Å². The lowest BCUT2D eigenvalue weighted by atomic mass is 9.92. The molecule has 5 nitrogen and oxygen atoms in total. The van der Waals surface area contributed by atoms with Gasteiger partial charge in [-0.2, -0.15) is 0 Å². The van der Waals surface area contributed by atoms with Crippen molar-refractivity contribution in [3.8, 4) is 5.75 Å². The number of carbonyl (C=O) groups excluding carboxylic acids is 2. The zero-order chi connectivity index (χ0) is 18.0. The van der Waals surface area contributed by atoms with Crippen LogP contribution in [-0.2, 0) is 4.79 Å². The molecule has 1 fully saturated rings. The average molecular weight is 342 g/mol. The SMILES string of the molecule is CC(C)N(C[C@@H]1C[C@H]2C=C[C@H]1C2)C(=O)c1cccc(OCC(N)=O)c1. The van der Waals surface area contributed by atoms with Crippen LogP contribution in [0.2, 0.25) is 0 Å². The van der Waals surface area contributed by atoms with Gasteiger partial charge in [0, 0.05) is 18.2 Å². The van der Waals surface area contributed by atoms with E-state index in [0.717, 1.165) is 6.54 Å². The van der Waals surface area contributed by atoms with Gasteiger partial charge in [-0.05, 0) is 62.6 Å². The molecule has 25 heavy (non-hydrogen) atoms. The normalized spacial score (nSPS) is 23.9. The largest absolute Gasteiger partial charge is 0.484 e. The second kappa shape index (κ2) is 7.30. The number of amides is 2. The fraction of sp³-hybridized carbons (Fsp3) is 0.500. The first-order valence-corrected chi connectivity index (χ1v) is 8.94. The lowest BCUT2D eigenvalue weighted by Crippen LogP contribution is -2.41. The molecule has 1 aromatic rings. The maximum absolute atomic E-state index is 13.0. The summed E-state index contributed by atoms with van der Waals surface area (Å²) in [5, 5.41) is 0. The number of benzene rings is 1. The van der Waals surface area contributed by atoms with Gasteiger partial charge in [0.25, 0.3) is 11.8 Å². The fourth-order valence-electron chi connectivity index (χ4n) is 3.92. The van der Waals surface area contributed by atoms with Crippen LogP contribution in [0.5, 0.6) is 5.75 Å². The van der Waals surface area contributed by atoms with Gasteiger partial charge >= 0.3 is 0 Å². The summed E-state index contributed by atoms with van der Waals surface area (Å²) >= 11 is 0. The molecule has 0 saturated heterocycles. The highest BCUT2D eigenvalue weighted by molar-refractivity contribution is 5.94. The molecule has 0 spiro atoms. The lowest BCUT2D eigenvalue weighted by molar-refractivity contribution is -0.119. The molecule has 3 rings (SSSR count). The Balaban J connectivity index is 1.71. The summed E-state index contributed by atoms with van der Waals surface area (Å²) in [6, 6.07) is 7.09. The van der Waals surface area contributed by atoms with Crippen molar-refractivity contribution in [3.63, 3.8) is 0 Å². The van der Waals surface area contributed by atoms with Crippen LogP contribution in [-0.4, -0.2) is 35.9 Å². The topological polar surface area (TPSA) is 72.6 Å². The monoisotopic (exact) mass is 342 g/mol. The second-order valence-electron chi connectivity index (χ2n) is 7.37. The molecule has 2 N–H and O–H groups in total. The van der Waals surface area contributed by atoms with E-state index < -0.39 is 5.91 Å². The third kappa shape index (κ3) is 4.03. The van der Waals surface area contributed by atoms with Crippen molar-refractivity contribution in [1.29, 1.82) is 0 Å². The first-order valence-electron chi connectivity index (χ1n) is 8.94. The highest BCUT2D eigenvalue weighted by atomic mass is 16.5. The quantitative estimate of drug-likeness (QED) is 0.774. The number of carbonyl (C=O) groups is 2. The van der Waals surface area contributed by atoms with E-state index in [1.165, 1.54) is 12.8 Å². The van der Waals surface area contributed by atoms with Crippen LogP contribution >= 0.6 is 0 Å². The van der Waals surface area contributed by atoms with Gasteiger partial charge in [-0.3, -0.25) is 9.59 Å². The fourth-order valence-corrected chi connectivity index (χ4v) is 3.92. The Morgan fingerprint density at radius 1 is 1.28 bits per heavy atom. The van der Waals surface area contributed by atoms with Crippen molar-refractivity contribution in [2.24, 2.45) is 23.5 Å². The Labute approximate surface area is 148 Å². The molecular weight excluding hydrogens is 316 g/mol. The maximum atomic E-state index is 13.0. The molecule has 1 saturated carbocycles. The predicted molar refractivity (Wildman–Crippen MR) is 96.1 cm³/mol. The number of rotatable bonds is 7. The average Bonchev–Trinajstić information content (AvgIpc) is 3.20. The lowest BCUT2D eigenvalue weighted by Gasteiger charge is -2.32. The number of ether oxygens (including phenoxy) is 1. The van der Waals surface area contributed by atoms with Crippen LogP contribution < -0.4 is 10.5 Å². The molecule has 2 aliphatic carbocycles. The first kappa shape index (κ1) is 17.5. The van der Waals surface area contributed by atoms with Gasteiger partial charge < -0.3 is 15.4 Å². The third-order valence-corrected chi connectivity index (χ3v) is 5.19. The van der Waals surface area contributed by atoms with Gasteiger partial charge in [0.05, 0.1) is 0 Å². The Morgan fingerprint density at radius 3 is 2.68 bits per heavy atom. The number of allylic oxidation sites excluding steroid dienone is 2. The van der Waals surface area contributed by atoms with E-state index >= 15 is 0 Å². The molecular formula is C20H26N2O3. The number of nitrogens with zero attached hydrogens (tertiary/aromatic N) is 1. The van der Waals surface area contributed by atoms with Gasteiger partial charge in [-0.15, -0.1) is 0 Å². The Morgan fingerprint density at radius 2 is 2.08 bits per heavy atom. The van der Waals surface area contributed by atoms with E-state index in [9.17, 15) is 9.59 Å². The molecule has 0 heterocycles. The summed E-state index contributed by atoms with van der Waals surface area (Å²) in [6.07, 6.45) is 7.06. The van der Waals surface area contributed by atoms with E-state index in [0.29, 0.717) is 29.1 Å². The summed E-state index contributed by atoms with van der Waals surface area (Å²) in [4.78, 5) is 25.8. The van der Waals surface area contributed by atoms with Crippen LogP contribution in [0.15, 0.2) is 36.4 Å². The zero-order valence-electron chi connectivity index (χ0n) is 14.9. The molecule has 0 aliphatic heterocycles. The summed E-state index contributed by atoms with van der Waals surface area (Å²) in [7, 11) is 0. The van der Waals surface area contributed by atoms with Gasteiger partial charge in [-0.1, -0.05) is 18.2 Å². The molecule has 0 aromatic heterocycles. The van der Waals surface area contributed by atoms with E-state index in [1.54, 1.807) is 24.3 Å². The Hall–Kier alpha value is -2.30. The molecule has 1 aromatic carbocycles. The summed E-state index contributed by atoms with van der Waals surface area (Å²) in [5.74, 6) is 1.82. The minimum atomic E-state index is -0.537. The standard InChI is InChI=1S/C20H26N2O3/c1-13(2)22(11-17-9-14-6-7-15(17)8-14)20(24)16-4-3-5-18(10-16)25-12-19(21)23/h3-7,10,13-15,17H,8-9,11-12H2,1-2H3,(H2,21,23)/t14-,15-,17-/m0/s1. The third-order valence-electron chi connectivity index (χ3n) is 5.19. The maximum Gasteiger partial charge on any atom is 0.255 e. The number of primary amides is 1. The van der Waals surface area contributed by atoms with Crippen molar-refractivity contribution in [2.45, 2.75) is 32.7 Å². The molecule has 0 radical (unpaired) electrons. The van der Waals surface area contributed by atoms with E-state index in [1.807, 2.05) is 18.7 Å². The molecule has 2 bridgehead atoms. The van der Waals surface area contributed by atoms with Crippen molar-refractivity contribution < 1.29 is 14.3 Å². The number of nitrogens with two attached hydrogens (primary N) is 1. The second-order valence-corrected chi connectivity index (χ2v) is 7.37. The summed E-state index contributed by atoms with van der Waals surface area (Å²) in [5.41, 5.74) is 5.68. The molecule has 134 valence electrons. The molecule has 5 heteroatoms. The first-order chi connectivity index (χ1) is 11.9. The predicted octanol–water partition coefficient (Wildman–Crippen LogP) is 2.61. The van der Waals surface area contributed by atoms with Gasteiger partial charge in [0.15, 0.2) is 6.61 Å². The molecule has 0 unspecified atom stereocenters. The van der Waals surface area contributed by atoms with Crippen LogP contribution in [0, 0.1) is 17.8 Å². The van der Waals surface area contributed by atoms with Gasteiger partial charge in [0.1, 0.15) is 5.75 Å². The summed E-state index contributed by atoms with van der Waals surface area (Å²) < 4.78 is 5.32. The highest BCUT2D eigenvalue weighted by Crippen LogP contribution is 2.43. The number of hydrogen-bond acceptors (Lipinski definition) is 3. The van der Waals surface area contributed by atoms with Crippen LogP contribution in [0.1, 0.15) is 37.0 Å². The Kier molecular flexibility index (Phi) is 5.11.